The van der Waals surface area contributed by atoms with Gasteiger partial charge in [-0.25, -0.2) is 4.98 Å². The Morgan fingerprint density at radius 2 is 0.628 bits per heavy atom. The van der Waals surface area contributed by atoms with Crippen LogP contribution in [0.4, 0.5) is 0 Å². The van der Waals surface area contributed by atoms with Gasteiger partial charge in [0.15, 0.2) is 11.6 Å². The molecule has 12 bridgehead atoms. The molecule has 0 atom stereocenters. The van der Waals surface area contributed by atoms with E-state index in [9.17, 15) is 0 Å². The van der Waals surface area contributed by atoms with E-state index in [2.05, 4.69) is 365 Å². The molecule has 6 aromatic heterocycles. The first-order valence-electron chi connectivity index (χ1n) is 55.3. The van der Waals surface area contributed by atoms with Crippen molar-refractivity contribution in [1.82, 2.24) is 38.6 Å². The zero-order valence-electron chi connectivity index (χ0n) is 83.4. The number of para-hydroxylation sites is 1. The molecule has 16 aliphatic rings. The van der Waals surface area contributed by atoms with Crippen molar-refractivity contribution >= 4 is 109 Å². The van der Waals surface area contributed by atoms with E-state index in [-0.39, 0.29) is 21.7 Å². The van der Waals surface area contributed by atoms with Gasteiger partial charge in [-0.2, -0.15) is 9.97 Å². The van der Waals surface area contributed by atoms with Gasteiger partial charge < -0.3 is 9.13 Å². The molecular weight excluding hydrogens is 1790 g/mol. The van der Waals surface area contributed by atoms with Gasteiger partial charge in [0.25, 0.3) is 0 Å². The zero-order chi connectivity index (χ0) is 96.6. The van der Waals surface area contributed by atoms with E-state index in [0.717, 1.165) is 70.2 Å². The molecule has 3 spiro atoms. The maximum Gasteiger partial charge on any atom is 0.238 e. The van der Waals surface area contributed by atoms with Crippen LogP contribution in [-0.2, 0) is 21.7 Å². The lowest BCUT2D eigenvalue weighted by atomic mass is 9.43. The monoisotopic (exact) mass is 1900 g/mol. The molecular formula is C140H110N8. The molecule has 16 aliphatic carbocycles. The molecule has 0 aliphatic heterocycles. The van der Waals surface area contributed by atoms with Crippen LogP contribution in [-0.4, -0.2) is 38.6 Å². The molecule has 148 heavy (non-hydrogen) atoms. The van der Waals surface area contributed by atoms with Crippen LogP contribution in [0.2, 0.25) is 0 Å². The van der Waals surface area contributed by atoms with Crippen LogP contribution in [0, 0.1) is 71.0 Å². The van der Waals surface area contributed by atoms with Gasteiger partial charge in [-0.3, -0.25) is 14.5 Å². The van der Waals surface area contributed by atoms with Gasteiger partial charge in [-0.05, 0) is 378 Å². The van der Waals surface area contributed by atoms with Crippen molar-refractivity contribution in [2.24, 2.45) is 71.0 Å². The van der Waals surface area contributed by atoms with Crippen molar-refractivity contribution in [2.75, 3.05) is 0 Å². The predicted octanol–water partition coefficient (Wildman–Crippen LogP) is 34.4. The van der Waals surface area contributed by atoms with E-state index >= 15 is 0 Å². The van der Waals surface area contributed by atoms with Crippen LogP contribution >= 0.6 is 0 Å². The first kappa shape index (κ1) is 83.6. The smallest absolute Gasteiger partial charge is 0.238 e. The van der Waals surface area contributed by atoms with E-state index < -0.39 is 0 Å². The number of hydrogen-bond acceptors (Lipinski definition) is 5. The van der Waals surface area contributed by atoms with Crippen molar-refractivity contribution < 1.29 is 0 Å². The third-order valence-corrected chi connectivity index (χ3v) is 40.6. The lowest BCUT2D eigenvalue weighted by Crippen LogP contribution is -2.55. The van der Waals surface area contributed by atoms with E-state index in [4.69, 9.17) is 15.0 Å². The fourth-order valence-electron chi connectivity index (χ4n) is 36.1. The van der Waals surface area contributed by atoms with Gasteiger partial charge in [-0.15, -0.1) is 0 Å². The van der Waals surface area contributed by atoms with Crippen LogP contribution < -0.4 is 0 Å². The summed E-state index contributed by atoms with van der Waals surface area (Å²) in [7, 11) is 0. The summed E-state index contributed by atoms with van der Waals surface area (Å²) in [5.41, 5.74) is 38.4. The van der Waals surface area contributed by atoms with Crippen molar-refractivity contribution in [3.63, 3.8) is 0 Å². The predicted molar refractivity (Wildman–Crippen MR) is 605 cm³/mol. The summed E-state index contributed by atoms with van der Waals surface area (Å²) in [6.07, 6.45) is 24.6. The minimum Gasteiger partial charge on any atom is -0.309 e. The molecule has 8 heteroatoms. The number of fused-ring (bicyclic) bond motifs is 30. The molecule has 0 unspecified atom stereocenters. The maximum atomic E-state index is 5.24. The lowest BCUT2D eigenvalue weighted by molar-refractivity contribution is -0.0399. The Bertz CT molecular complexity index is 9580. The quantitative estimate of drug-likeness (QED) is 0.166. The normalized spacial score (nSPS) is 25.2. The second-order valence-corrected chi connectivity index (χ2v) is 47.5. The third-order valence-electron chi connectivity index (χ3n) is 40.6. The number of hydrogen-bond donors (Lipinski definition) is 0. The van der Waals surface area contributed by atoms with E-state index in [1.54, 1.807) is 40.2 Å². The number of nitrogens with zero attached hydrogens (tertiary/aromatic N) is 8. The molecule has 12 fully saturated rings. The van der Waals surface area contributed by atoms with Gasteiger partial charge in [-0.1, -0.05) is 299 Å². The molecule has 39 rings (SSSR count). The summed E-state index contributed by atoms with van der Waals surface area (Å²) < 4.78 is 7.56. The van der Waals surface area contributed by atoms with Crippen LogP contribution in [0.3, 0.4) is 0 Å². The summed E-state index contributed by atoms with van der Waals surface area (Å²) in [5.74, 6) is 11.5. The Morgan fingerprint density at radius 1 is 0.236 bits per heavy atom. The third kappa shape index (κ3) is 11.1. The number of pyridine rings is 2. The molecule has 710 valence electrons. The summed E-state index contributed by atoms with van der Waals surface area (Å²) in [5, 5.41) is 18.4. The molecule has 0 radical (unpaired) electrons. The molecule has 0 amide bonds. The van der Waals surface area contributed by atoms with E-state index in [1.165, 1.54) is 277 Å². The van der Waals surface area contributed by atoms with Gasteiger partial charge in [0.1, 0.15) is 11.4 Å². The minimum absolute atomic E-state index is 0.0498. The van der Waals surface area contributed by atoms with Crippen LogP contribution in [0.25, 0.3) is 205 Å². The van der Waals surface area contributed by atoms with Gasteiger partial charge in [0.2, 0.25) is 5.95 Å². The second-order valence-electron chi connectivity index (χ2n) is 47.5. The van der Waals surface area contributed by atoms with Gasteiger partial charge in [0.05, 0.1) is 44.5 Å². The average Bonchev–Trinajstić information content (AvgIpc) is 1.51. The molecule has 0 N–H and O–H groups in total. The Balaban J connectivity index is 0.0000000949. The standard InChI is InChI=1S/C48H37N.C47H39N.C45H34N6/c1-2-11-33-28-34(18-17-31(33)9-1)37-12-6-8-16-42(37)49-43-21-19-32-10-3-4-13-38(32)46(43)47-44(49)22-20-41-45(47)39-14-5-7-15-40(39)48(41)35-24-29-23-30(26-35)27-36(48)25-29;1-46(2)36-15-7-5-12-33(36)34-14-9-17-41(45(34)46)48-39-20-18-29-10-3-4-11-32(29)43(39)44-40(48)21-19-38-42(44)35-13-6-8-16-37(35)47(38)30-23-27-22-28(25-30)26-31(47)24-27;1-2-10-31-28(9-1)15-16-33-35-24-34-32-11-3-4-12-36(32)45(29-20-26-19-27(22-29)23-30(45)21-26)37(34)25-40(35)51(41(31)33)44-49-42(38-13-5-7-17-46-38)48-43(50-44)39-14-6-8-18-47-39/h1-22,28-30,35-36H,23-27H2;3-21,27-28,30-31H,22-26H2,1-2H3;1-18,24-27,29-30H,19-23H2. The molecule has 17 aromatic carbocycles. The number of benzene rings is 17. The zero-order valence-corrected chi connectivity index (χ0v) is 83.4. The highest BCUT2D eigenvalue weighted by Crippen LogP contribution is 2.75. The highest BCUT2D eigenvalue weighted by molar-refractivity contribution is 6.29. The Morgan fingerprint density at radius 3 is 1.16 bits per heavy atom. The molecule has 12 saturated carbocycles. The van der Waals surface area contributed by atoms with Crippen molar-refractivity contribution in [1.29, 1.82) is 0 Å². The molecule has 0 saturated heterocycles. The second kappa shape index (κ2) is 30.6. The van der Waals surface area contributed by atoms with Crippen LogP contribution in [0.5, 0.6) is 0 Å². The Kier molecular flexibility index (Phi) is 17.3. The SMILES string of the molecule is CC1(C)c2ccccc2-c2cccc(-n3c4ccc5c(c4c4c6ccccc6ccc43)-c3ccccc3C53C4CC5CC(C4)CC3C5)c21.c1ccc(-c2nc(-c3ccccn3)nc(-n3c4cc5c(cc4c4ccc6ccccc6c43)-c3ccccc3C53C4CC5CC(C4)CC3C5)n2)nc1.c1ccc(-n2c3ccc4c(c3c3c5ccccc5ccc32)-c2ccccc2C42C3CC4CC(C3)CC2C4)c(-c2ccc3ccccc3c2)c1. The highest BCUT2D eigenvalue weighted by atomic mass is 15.2. The van der Waals surface area contributed by atoms with Crippen molar-refractivity contribution in [2.45, 2.75) is 132 Å². The van der Waals surface area contributed by atoms with Gasteiger partial charge >= 0.3 is 0 Å². The number of aromatic nitrogens is 8. The molecule has 8 nitrogen and oxygen atoms in total. The van der Waals surface area contributed by atoms with E-state index in [1.807, 2.05) is 36.4 Å². The lowest BCUT2D eigenvalue weighted by Gasteiger charge is -2.61. The Hall–Kier alpha value is -15.5. The van der Waals surface area contributed by atoms with Crippen LogP contribution in [0.15, 0.2) is 376 Å². The fourth-order valence-corrected chi connectivity index (χ4v) is 36.1. The summed E-state index contributed by atoms with van der Waals surface area (Å²) in [6.45, 7) is 4.85. The first-order valence-corrected chi connectivity index (χ1v) is 55.3. The summed E-state index contributed by atoms with van der Waals surface area (Å²) in [4.78, 5) is 24.8. The Labute approximate surface area is 860 Å². The van der Waals surface area contributed by atoms with E-state index in [0.29, 0.717) is 40.8 Å². The topological polar surface area (TPSA) is 79.2 Å². The maximum absolute atomic E-state index is 5.24. The molecule has 6 heterocycles. The number of rotatable bonds is 6. The summed E-state index contributed by atoms with van der Waals surface area (Å²) in [6, 6.07) is 137. The average molecular weight is 1900 g/mol. The summed E-state index contributed by atoms with van der Waals surface area (Å²) >= 11 is 0. The highest BCUT2D eigenvalue weighted by Gasteiger charge is 2.66. The first-order chi connectivity index (χ1) is 73.1. The van der Waals surface area contributed by atoms with Crippen molar-refractivity contribution in [3.05, 3.63) is 421 Å². The molecule has 23 aromatic rings. The largest absolute Gasteiger partial charge is 0.309 e. The van der Waals surface area contributed by atoms with Gasteiger partial charge in [0, 0.05) is 77.3 Å². The van der Waals surface area contributed by atoms with Crippen molar-refractivity contribution in [3.8, 4) is 96.0 Å². The minimum atomic E-state index is -0.101. The van der Waals surface area contributed by atoms with Crippen LogP contribution in [0.1, 0.15) is 155 Å². The fraction of sp³-hybridized carbons (Fsp3) is 0.236.